The number of aromatic nitrogens is 3. The minimum Gasteiger partial charge on any atom is -0.370 e. The molecule has 0 aliphatic heterocycles. The number of benzene rings is 1. The van der Waals surface area contributed by atoms with E-state index in [0.717, 1.165) is 5.56 Å². The molecule has 0 aliphatic carbocycles. The second kappa shape index (κ2) is 7.81. The molecule has 26 heavy (non-hydrogen) atoms. The number of rotatable bonds is 6. The monoisotopic (exact) mass is 356 g/mol. The zero-order chi connectivity index (χ0) is 18.5. The molecule has 0 saturated heterocycles. The predicted octanol–water partition coefficient (Wildman–Crippen LogP) is 1.57. The van der Waals surface area contributed by atoms with Crippen molar-refractivity contribution >= 4 is 22.8 Å². The zero-order valence-electron chi connectivity index (χ0n) is 13.9. The van der Waals surface area contributed by atoms with Crippen LogP contribution in [0.2, 0.25) is 0 Å². The van der Waals surface area contributed by atoms with E-state index in [-0.39, 0.29) is 17.4 Å². The van der Waals surface area contributed by atoms with Crippen molar-refractivity contribution in [3.63, 3.8) is 0 Å². The molecular formula is C17H17FN6O2. The van der Waals surface area contributed by atoms with Crippen molar-refractivity contribution in [2.45, 2.75) is 6.04 Å². The summed E-state index contributed by atoms with van der Waals surface area (Å²) in [6, 6.07) is 7.47. The van der Waals surface area contributed by atoms with Crippen LogP contribution >= 0.6 is 0 Å². The Hall–Kier alpha value is -3.17. The van der Waals surface area contributed by atoms with Gasteiger partial charge in [0, 0.05) is 12.7 Å². The lowest BCUT2D eigenvalue weighted by Crippen LogP contribution is -2.24. The normalized spacial score (nSPS) is 12.0. The lowest BCUT2D eigenvalue weighted by Gasteiger charge is -2.20. The first-order valence-corrected chi connectivity index (χ1v) is 7.81. The summed E-state index contributed by atoms with van der Waals surface area (Å²) in [5.74, 6) is 4.33. The summed E-state index contributed by atoms with van der Waals surface area (Å²) >= 11 is 0. The maximum absolute atomic E-state index is 13.6. The van der Waals surface area contributed by atoms with Crippen LogP contribution in [0.25, 0.3) is 11.0 Å². The number of hydrogen-bond acceptors (Lipinski definition) is 8. The average Bonchev–Trinajstić information content (AvgIpc) is 2.66. The van der Waals surface area contributed by atoms with Gasteiger partial charge in [-0.15, -0.1) is 0 Å². The van der Waals surface area contributed by atoms with E-state index in [4.69, 9.17) is 5.90 Å². The molecule has 3 rings (SSSR count). The molecule has 2 heterocycles. The highest BCUT2D eigenvalue weighted by Gasteiger charge is 2.18. The van der Waals surface area contributed by atoms with Crippen molar-refractivity contribution in [2.24, 2.45) is 5.90 Å². The van der Waals surface area contributed by atoms with Crippen LogP contribution in [-0.4, -0.2) is 34.5 Å². The van der Waals surface area contributed by atoms with E-state index in [1.54, 1.807) is 13.1 Å². The number of nitrogens with two attached hydrogens (primary N) is 1. The van der Waals surface area contributed by atoms with Crippen molar-refractivity contribution in [1.82, 2.24) is 20.3 Å². The number of anilines is 1. The molecular weight excluding hydrogens is 339 g/mol. The topological polar surface area (TPSA) is 115 Å². The van der Waals surface area contributed by atoms with Crippen molar-refractivity contribution in [3.8, 4) is 0 Å². The van der Waals surface area contributed by atoms with Crippen molar-refractivity contribution in [1.29, 1.82) is 0 Å². The van der Waals surface area contributed by atoms with Gasteiger partial charge in [-0.3, -0.25) is 4.98 Å². The Kier molecular flexibility index (Phi) is 5.30. The standard InChI is InChI=1S/C17H17FN6O2/c1-20-8-13(10-3-2-4-11(18)7-10)24-16-15-14(22-9-23-16)12(5-6-21-15)17(25)26-19/h2-7,9,13,20H,8,19H2,1H3,(H,22,23,24)/t13-/m1/s1. The molecule has 1 atom stereocenters. The molecule has 2 aromatic heterocycles. The molecule has 8 nitrogen and oxygen atoms in total. The van der Waals surface area contributed by atoms with Crippen molar-refractivity contribution in [3.05, 3.63) is 59.8 Å². The summed E-state index contributed by atoms with van der Waals surface area (Å²) in [6.45, 7) is 0.513. The van der Waals surface area contributed by atoms with Gasteiger partial charge in [-0.25, -0.2) is 19.2 Å². The largest absolute Gasteiger partial charge is 0.370 e. The van der Waals surface area contributed by atoms with Crippen LogP contribution in [-0.2, 0) is 4.84 Å². The number of hydrogen-bond donors (Lipinski definition) is 3. The van der Waals surface area contributed by atoms with Crippen LogP contribution in [0.5, 0.6) is 0 Å². The lowest BCUT2D eigenvalue weighted by molar-refractivity contribution is 0.0505. The van der Waals surface area contributed by atoms with E-state index < -0.39 is 5.97 Å². The maximum Gasteiger partial charge on any atom is 0.358 e. The number of likely N-dealkylation sites (N-methyl/N-ethyl adjacent to an activating group) is 1. The van der Waals surface area contributed by atoms with Crippen LogP contribution < -0.4 is 16.5 Å². The molecule has 0 saturated carbocycles. The average molecular weight is 356 g/mol. The quantitative estimate of drug-likeness (QED) is 0.570. The Bertz CT molecular complexity index is 936. The molecule has 3 aromatic rings. The van der Waals surface area contributed by atoms with E-state index in [1.165, 1.54) is 30.7 Å². The summed E-state index contributed by atoms with van der Waals surface area (Å²) in [6.07, 6.45) is 2.75. The fraction of sp³-hybridized carbons (Fsp3) is 0.176. The van der Waals surface area contributed by atoms with Gasteiger partial charge in [0.05, 0.1) is 11.6 Å². The molecule has 0 amide bonds. The summed E-state index contributed by atoms with van der Waals surface area (Å²) in [5, 5.41) is 6.28. The third-order valence-corrected chi connectivity index (χ3v) is 3.82. The van der Waals surface area contributed by atoms with Gasteiger partial charge in [0.15, 0.2) is 5.82 Å². The number of carbonyl (C=O) groups is 1. The van der Waals surface area contributed by atoms with E-state index in [1.807, 2.05) is 6.07 Å². The first-order valence-electron chi connectivity index (χ1n) is 7.81. The highest BCUT2D eigenvalue weighted by molar-refractivity contribution is 6.03. The van der Waals surface area contributed by atoms with E-state index in [2.05, 4.69) is 30.4 Å². The Labute approximate surface area is 148 Å². The molecule has 4 N–H and O–H groups in total. The fourth-order valence-electron chi connectivity index (χ4n) is 2.64. The minimum absolute atomic E-state index is 0.180. The molecule has 0 aliphatic rings. The number of nitrogens with one attached hydrogen (secondary N) is 2. The predicted molar refractivity (Wildman–Crippen MR) is 93.6 cm³/mol. The van der Waals surface area contributed by atoms with Crippen molar-refractivity contribution < 1.29 is 14.0 Å². The van der Waals surface area contributed by atoms with Gasteiger partial charge in [0.2, 0.25) is 0 Å². The Morgan fingerprint density at radius 2 is 2.12 bits per heavy atom. The molecule has 9 heteroatoms. The van der Waals surface area contributed by atoms with Crippen LogP contribution in [0.4, 0.5) is 10.2 Å². The molecule has 0 spiro atoms. The van der Waals surface area contributed by atoms with Gasteiger partial charge < -0.3 is 15.5 Å². The van der Waals surface area contributed by atoms with E-state index in [0.29, 0.717) is 23.4 Å². The van der Waals surface area contributed by atoms with Gasteiger partial charge in [-0.05, 0) is 30.8 Å². The van der Waals surface area contributed by atoms with Gasteiger partial charge in [-0.1, -0.05) is 12.1 Å². The number of pyridine rings is 1. The maximum atomic E-state index is 13.6. The lowest BCUT2D eigenvalue weighted by atomic mass is 10.1. The van der Waals surface area contributed by atoms with E-state index in [9.17, 15) is 9.18 Å². The first-order chi connectivity index (χ1) is 12.6. The molecule has 1 aromatic carbocycles. The molecule has 0 bridgehead atoms. The number of carbonyl (C=O) groups excluding carboxylic acids is 1. The van der Waals surface area contributed by atoms with Gasteiger partial charge in [0.1, 0.15) is 23.2 Å². The second-order valence-corrected chi connectivity index (χ2v) is 5.49. The third kappa shape index (κ3) is 3.58. The van der Waals surface area contributed by atoms with Crippen LogP contribution in [0.3, 0.4) is 0 Å². The summed E-state index contributed by atoms with van der Waals surface area (Å²) in [7, 11) is 1.79. The smallest absolute Gasteiger partial charge is 0.358 e. The molecule has 0 unspecified atom stereocenters. The van der Waals surface area contributed by atoms with Crippen LogP contribution in [0.15, 0.2) is 42.9 Å². The summed E-state index contributed by atoms with van der Waals surface area (Å²) in [4.78, 5) is 28.7. The minimum atomic E-state index is -0.723. The molecule has 0 fully saturated rings. The SMILES string of the molecule is CNC[C@@H](Nc1ncnc2c(C(=O)ON)ccnc12)c1cccc(F)c1. The number of nitrogens with zero attached hydrogens (tertiary/aromatic N) is 3. The molecule has 134 valence electrons. The van der Waals surface area contributed by atoms with Gasteiger partial charge in [-0.2, -0.15) is 5.90 Å². The number of fused-ring (bicyclic) bond motifs is 1. The first kappa shape index (κ1) is 17.6. The van der Waals surface area contributed by atoms with Crippen LogP contribution in [0, 0.1) is 5.82 Å². The zero-order valence-corrected chi connectivity index (χ0v) is 13.9. The van der Waals surface area contributed by atoms with E-state index >= 15 is 0 Å². The van der Waals surface area contributed by atoms with Gasteiger partial charge in [0.25, 0.3) is 0 Å². The van der Waals surface area contributed by atoms with Gasteiger partial charge >= 0.3 is 5.97 Å². The second-order valence-electron chi connectivity index (χ2n) is 5.49. The Morgan fingerprint density at radius 1 is 1.27 bits per heavy atom. The Morgan fingerprint density at radius 3 is 2.85 bits per heavy atom. The van der Waals surface area contributed by atoms with Crippen molar-refractivity contribution in [2.75, 3.05) is 18.9 Å². The molecule has 0 radical (unpaired) electrons. The number of halogens is 1. The third-order valence-electron chi connectivity index (χ3n) is 3.82. The summed E-state index contributed by atoms with van der Waals surface area (Å²) in [5.41, 5.74) is 1.61. The highest BCUT2D eigenvalue weighted by atomic mass is 19.1. The van der Waals surface area contributed by atoms with Crippen LogP contribution in [0.1, 0.15) is 22.0 Å². The highest BCUT2D eigenvalue weighted by Crippen LogP contribution is 2.24. The fourth-order valence-corrected chi connectivity index (χ4v) is 2.64. The summed E-state index contributed by atoms with van der Waals surface area (Å²) < 4.78 is 13.6. The Balaban J connectivity index is 2.02.